The Labute approximate surface area is 99.3 Å². The number of ether oxygens (including phenoxy) is 1. The molecule has 0 bridgehead atoms. The Kier molecular flexibility index (Phi) is 5.61. The quantitative estimate of drug-likeness (QED) is 0.614. The van der Waals surface area contributed by atoms with Gasteiger partial charge in [0.2, 0.25) is 0 Å². The summed E-state index contributed by atoms with van der Waals surface area (Å²) in [5, 5.41) is 7.51. The second-order valence-corrected chi connectivity index (χ2v) is 3.68. The number of halogens is 1. The van der Waals surface area contributed by atoms with Crippen molar-refractivity contribution in [2.45, 2.75) is 5.38 Å². The normalized spacial score (nSPS) is 12.8. The molecule has 0 saturated carbocycles. The number of alkyl halides is 1. The van der Waals surface area contributed by atoms with Crippen molar-refractivity contribution in [3.63, 3.8) is 0 Å². The summed E-state index contributed by atoms with van der Waals surface area (Å²) >= 11 is 5.46. The Hall–Kier alpha value is -1.32. The van der Waals surface area contributed by atoms with Crippen molar-refractivity contribution < 1.29 is 14.6 Å². The first-order chi connectivity index (χ1) is 7.70. The second-order valence-electron chi connectivity index (χ2n) is 3.16. The highest BCUT2D eigenvalue weighted by Crippen LogP contribution is 2.01. The SMILES string of the molecule is O=C(O)C(Cl)COC/C=C/c1ccccc1. The number of rotatable bonds is 6. The van der Waals surface area contributed by atoms with Crippen molar-refractivity contribution in [2.75, 3.05) is 13.2 Å². The van der Waals surface area contributed by atoms with E-state index < -0.39 is 11.3 Å². The largest absolute Gasteiger partial charge is 0.480 e. The first kappa shape index (κ1) is 12.7. The molecule has 0 fully saturated rings. The molecule has 1 aromatic rings. The number of carboxylic acid groups (broad SMARTS) is 1. The van der Waals surface area contributed by atoms with E-state index >= 15 is 0 Å². The first-order valence-corrected chi connectivity index (χ1v) is 5.30. The monoisotopic (exact) mass is 240 g/mol. The van der Waals surface area contributed by atoms with Gasteiger partial charge in [-0.25, -0.2) is 0 Å². The maximum Gasteiger partial charge on any atom is 0.324 e. The summed E-state index contributed by atoms with van der Waals surface area (Å²) in [6.07, 6.45) is 3.73. The van der Waals surface area contributed by atoms with Gasteiger partial charge in [0.05, 0.1) is 13.2 Å². The fourth-order valence-corrected chi connectivity index (χ4v) is 1.15. The Morgan fingerprint density at radius 2 is 2.12 bits per heavy atom. The van der Waals surface area contributed by atoms with Gasteiger partial charge in [0, 0.05) is 0 Å². The van der Waals surface area contributed by atoms with Crippen LogP contribution in [-0.2, 0) is 9.53 Å². The third kappa shape index (κ3) is 4.96. The van der Waals surface area contributed by atoms with Crippen molar-refractivity contribution >= 4 is 23.6 Å². The summed E-state index contributed by atoms with van der Waals surface area (Å²) in [5.74, 6) is -1.06. The lowest BCUT2D eigenvalue weighted by Crippen LogP contribution is -2.19. The molecule has 1 N–H and O–H groups in total. The Balaban J connectivity index is 2.21. The summed E-state index contributed by atoms with van der Waals surface area (Å²) in [4.78, 5) is 10.4. The van der Waals surface area contributed by atoms with Gasteiger partial charge in [-0.3, -0.25) is 4.79 Å². The van der Waals surface area contributed by atoms with Crippen LogP contribution in [0.1, 0.15) is 5.56 Å². The van der Waals surface area contributed by atoms with Crippen molar-refractivity contribution in [2.24, 2.45) is 0 Å². The lowest BCUT2D eigenvalue weighted by molar-refractivity contribution is -0.137. The predicted molar refractivity (Wildman–Crippen MR) is 63.6 cm³/mol. The number of carbonyl (C=O) groups is 1. The predicted octanol–water partition coefficient (Wildman–Crippen LogP) is 2.41. The van der Waals surface area contributed by atoms with Crippen LogP contribution in [0.3, 0.4) is 0 Å². The zero-order valence-electron chi connectivity index (χ0n) is 8.67. The minimum Gasteiger partial charge on any atom is -0.480 e. The van der Waals surface area contributed by atoms with E-state index in [0.717, 1.165) is 5.56 Å². The van der Waals surface area contributed by atoms with Crippen molar-refractivity contribution in [3.05, 3.63) is 42.0 Å². The fraction of sp³-hybridized carbons (Fsp3) is 0.250. The van der Waals surface area contributed by atoms with Gasteiger partial charge in [0.1, 0.15) is 0 Å². The highest BCUT2D eigenvalue weighted by atomic mass is 35.5. The zero-order chi connectivity index (χ0) is 11.8. The van der Waals surface area contributed by atoms with Gasteiger partial charge < -0.3 is 9.84 Å². The third-order valence-corrected chi connectivity index (χ3v) is 2.17. The molecule has 1 atom stereocenters. The molecule has 4 heteroatoms. The van der Waals surface area contributed by atoms with E-state index in [0.29, 0.717) is 6.61 Å². The Morgan fingerprint density at radius 1 is 1.44 bits per heavy atom. The molecular formula is C12H13ClO3. The standard InChI is InChI=1S/C12H13ClO3/c13-11(12(14)15)9-16-8-4-7-10-5-2-1-3-6-10/h1-7,11H,8-9H2,(H,14,15)/b7-4+. The topological polar surface area (TPSA) is 46.5 Å². The molecule has 1 aromatic carbocycles. The average Bonchev–Trinajstić information content (AvgIpc) is 2.29. The molecule has 3 nitrogen and oxygen atoms in total. The first-order valence-electron chi connectivity index (χ1n) is 4.86. The Morgan fingerprint density at radius 3 is 2.75 bits per heavy atom. The van der Waals surface area contributed by atoms with Crippen LogP contribution >= 0.6 is 11.6 Å². The van der Waals surface area contributed by atoms with E-state index in [2.05, 4.69) is 0 Å². The number of hydrogen-bond acceptors (Lipinski definition) is 2. The molecule has 0 amide bonds. The fourth-order valence-electron chi connectivity index (χ4n) is 1.06. The average molecular weight is 241 g/mol. The molecule has 0 aromatic heterocycles. The lowest BCUT2D eigenvalue weighted by atomic mass is 10.2. The second kappa shape index (κ2) is 7.04. The van der Waals surface area contributed by atoms with Crippen LogP contribution in [0.15, 0.2) is 36.4 Å². The molecule has 1 rings (SSSR count). The van der Waals surface area contributed by atoms with E-state index in [1.165, 1.54) is 0 Å². The summed E-state index contributed by atoms with van der Waals surface area (Å²) in [7, 11) is 0. The van der Waals surface area contributed by atoms with E-state index in [1.807, 2.05) is 42.5 Å². The molecule has 0 aliphatic carbocycles. The maximum absolute atomic E-state index is 10.4. The van der Waals surface area contributed by atoms with Crippen LogP contribution in [0.2, 0.25) is 0 Å². The summed E-state index contributed by atoms with van der Waals surface area (Å²) in [6, 6.07) is 9.77. The zero-order valence-corrected chi connectivity index (χ0v) is 9.43. The van der Waals surface area contributed by atoms with E-state index in [-0.39, 0.29) is 6.61 Å². The van der Waals surface area contributed by atoms with Gasteiger partial charge in [-0.15, -0.1) is 11.6 Å². The molecule has 1 unspecified atom stereocenters. The summed E-state index contributed by atoms with van der Waals surface area (Å²) in [6.45, 7) is 0.363. The van der Waals surface area contributed by atoms with E-state index in [9.17, 15) is 4.79 Å². The van der Waals surface area contributed by atoms with E-state index in [4.69, 9.17) is 21.4 Å². The van der Waals surface area contributed by atoms with Gasteiger partial charge in [-0.2, -0.15) is 0 Å². The summed E-state index contributed by atoms with van der Waals surface area (Å²) < 4.78 is 5.08. The number of carboxylic acids is 1. The van der Waals surface area contributed by atoms with Crippen LogP contribution in [0.5, 0.6) is 0 Å². The lowest BCUT2D eigenvalue weighted by Gasteiger charge is -2.03. The van der Waals surface area contributed by atoms with Crippen LogP contribution in [0.25, 0.3) is 6.08 Å². The van der Waals surface area contributed by atoms with Crippen molar-refractivity contribution in [1.82, 2.24) is 0 Å². The van der Waals surface area contributed by atoms with Crippen molar-refractivity contribution in [1.29, 1.82) is 0 Å². The molecule has 0 aliphatic heterocycles. The van der Waals surface area contributed by atoms with Crippen LogP contribution in [0, 0.1) is 0 Å². The van der Waals surface area contributed by atoms with Crippen LogP contribution in [-0.4, -0.2) is 29.7 Å². The summed E-state index contributed by atoms with van der Waals surface area (Å²) in [5.41, 5.74) is 1.08. The van der Waals surface area contributed by atoms with Gasteiger partial charge >= 0.3 is 5.97 Å². The van der Waals surface area contributed by atoms with Gasteiger partial charge in [-0.1, -0.05) is 42.5 Å². The van der Waals surface area contributed by atoms with Crippen LogP contribution in [0.4, 0.5) is 0 Å². The molecule has 86 valence electrons. The minimum absolute atomic E-state index is 0.00994. The highest BCUT2D eigenvalue weighted by Gasteiger charge is 2.12. The minimum atomic E-state index is -1.06. The van der Waals surface area contributed by atoms with Crippen LogP contribution < -0.4 is 0 Å². The third-order valence-electron chi connectivity index (χ3n) is 1.86. The maximum atomic E-state index is 10.4. The molecule has 0 radical (unpaired) electrons. The number of aliphatic carboxylic acids is 1. The molecule has 0 saturated heterocycles. The van der Waals surface area contributed by atoms with Gasteiger partial charge in [0.25, 0.3) is 0 Å². The highest BCUT2D eigenvalue weighted by molar-refractivity contribution is 6.29. The molecule has 0 aliphatic rings. The smallest absolute Gasteiger partial charge is 0.324 e. The van der Waals surface area contributed by atoms with Crippen molar-refractivity contribution in [3.8, 4) is 0 Å². The van der Waals surface area contributed by atoms with Gasteiger partial charge in [0.15, 0.2) is 5.38 Å². The molecule has 0 spiro atoms. The number of benzene rings is 1. The number of hydrogen-bond donors (Lipinski definition) is 1. The van der Waals surface area contributed by atoms with E-state index in [1.54, 1.807) is 0 Å². The van der Waals surface area contributed by atoms with Gasteiger partial charge in [-0.05, 0) is 5.56 Å². The Bertz CT molecular complexity index is 349. The molecule has 16 heavy (non-hydrogen) atoms. The molecular weight excluding hydrogens is 228 g/mol. The molecule has 0 heterocycles.